The normalized spacial score (nSPS) is 13.3. The summed E-state index contributed by atoms with van der Waals surface area (Å²) in [5, 5.41) is 0. The molecule has 3 amide bonds. The first-order chi connectivity index (χ1) is 23.1. The first kappa shape index (κ1) is 36.8. The molecule has 0 N–H and O–H groups in total. The predicted octanol–water partition coefficient (Wildman–Crippen LogP) is 7.53. The van der Waals surface area contributed by atoms with Crippen molar-refractivity contribution in [1.29, 1.82) is 0 Å². The molecule has 1 aliphatic heterocycles. The minimum absolute atomic E-state index is 0.0707. The quantitative estimate of drug-likeness (QED) is 0.170. The van der Waals surface area contributed by atoms with Gasteiger partial charge in [-0.25, -0.2) is 14.5 Å². The van der Waals surface area contributed by atoms with Crippen molar-refractivity contribution in [3.8, 4) is 0 Å². The molecular formula is C39H47N3O7. The van der Waals surface area contributed by atoms with E-state index in [-0.39, 0.29) is 19.1 Å². The van der Waals surface area contributed by atoms with E-state index in [0.717, 1.165) is 34.4 Å². The molecule has 0 bridgehead atoms. The van der Waals surface area contributed by atoms with Crippen LogP contribution in [0.15, 0.2) is 73.1 Å². The second kappa shape index (κ2) is 15.9. The average Bonchev–Trinajstić information content (AvgIpc) is 3.04. The molecule has 0 atom stereocenters. The zero-order valence-corrected chi connectivity index (χ0v) is 29.6. The lowest BCUT2D eigenvalue weighted by Gasteiger charge is -2.30. The summed E-state index contributed by atoms with van der Waals surface area (Å²) >= 11 is 0. The van der Waals surface area contributed by atoms with Crippen molar-refractivity contribution in [1.82, 2.24) is 14.8 Å². The molecule has 0 radical (unpaired) electrons. The average molecular weight is 670 g/mol. The Morgan fingerprint density at radius 3 is 2.08 bits per heavy atom. The number of hydrogen-bond donors (Lipinski definition) is 0. The van der Waals surface area contributed by atoms with Gasteiger partial charge in [0.05, 0.1) is 12.1 Å². The number of carbonyl (C=O) groups excluding carboxylic acids is 4. The van der Waals surface area contributed by atoms with Crippen LogP contribution < -0.4 is 0 Å². The molecular weight excluding hydrogens is 622 g/mol. The first-order valence-electron chi connectivity index (χ1n) is 16.5. The van der Waals surface area contributed by atoms with Crippen molar-refractivity contribution < 1.29 is 33.4 Å². The van der Waals surface area contributed by atoms with E-state index >= 15 is 0 Å². The van der Waals surface area contributed by atoms with Gasteiger partial charge in [-0.3, -0.25) is 14.6 Å². The second-order valence-corrected chi connectivity index (χ2v) is 14.1. The number of pyridine rings is 1. The fourth-order valence-electron chi connectivity index (χ4n) is 5.39. The van der Waals surface area contributed by atoms with Crippen LogP contribution in [0, 0.1) is 0 Å². The third-order valence-corrected chi connectivity index (χ3v) is 7.68. The van der Waals surface area contributed by atoms with Gasteiger partial charge < -0.3 is 19.1 Å². The van der Waals surface area contributed by atoms with E-state index in [0.29, 0.717) is 36.2 Å². The maximum Gasteiger partial charge on any atom is 0.420 e. The van der Waals surface area contributed by atoms with Crippen molar-refractivity contribution in [3.63, 3.8) is 0 Å². The Morgan fingerprint density at radius 2 is 1.49 bits per heavy atom. The molecule has 1 aliphatic rings. The first-order valence-corrected chi connectivity index (χ1v) is 16.5. The van der Waals surface area contributed by atoms with Crippen LogP contribution >= 0.6 is 0 Å². The fourth-order valence-corrected chi connectivity index (χ4v) is 5.39. The lowest BCUT2D eigenvalue weighted by Crippen LogP contribution is -2.43. The molecule has 260 valence electrons. The Balaban J connectivity index is 1.56. The van der Waals surface area contributed by atoms with Crippen LogP contribution in [0.4, 0.5) is 9.59 Å². The monoisotopic (exact) mass is 669 g/mol. The summed E-state index contributed by atoms with van der Waals surface area (Å²) in [4.78, 5) is 59.0. The molecule has 10 heteroatoms. The molecule has 0 unspecified atom stereocenters. The Labute approximate surface area is 289 Å². The number of amides is 3. The topological polar surface area (TPSA) is 115 Å². The Kier molecular flexibility index (Phi) is 12.0. The number of imide groups is 1. The molecule has 10 nitrogen and oxygen atoms in total. The largest absolute Gasteiger partial charge is 0.461 e. The lowest BCUT2D eigenvalue weighted by molar-refractivity contribution is -0.142. The molecule has 4 rings (SSSR count). The molecule has 3 aromatic rings. The van der Waals surface area contributed by atoms with Crippen LogP contribution in [0.25, 0.3) is 5.57 Å². The fraction of sp³-hybridized carbons (Fsp3) is 0.410. The van der Waals surface area contributed by atoms with Gasteiger partial charge in [0.2, 0.25) is 0 Å². The molecule has 2 aromatic carbocycles. The number of benzene rings is 2. The van der Waals surface area contributed by atoms with Crippen molar-refractivity contribution in [2.24, 2.45) is 0 Å². The molecule has 0 fully saturated rings. The van der Waals surface area contributed by atoms with Crippen LogP contribution in [-0.2, 0) is 45.0 Å². The number of hydrogen-bond acceptors (Lipinski definition) is 8. The summed E-state index contributed by atoms with van der Waals surface area (Å²) in [5.41, 5.74) is 4.08. The van der Waals surface area contributed by atoms with Gasteiger partial charge in [0.25, 0.3) is 5.91 Å². The maximum atomic E-state index is 13.5. The highest BCUT2D eigenvalue weighted by Crippen LogP contribution is 2.30. The van der Waals surface area contributed by atoms with Crippen molar-refractivity contribution in [2.75, 3.05) is 13.1 Å². The zero-order valence-electron chi connectivity index (χ0n) is 29.6. The Hall–Kier alpha value is -4.99. The highest BCUT2D eigenvalue weighted by atomic mass is 16.6. The number of carbonyl (C=O) groups is 4. The SMILES string of the molecule is CC(=O)OCc1c(CN(C(=O)OC(C)(C)C)C(=O)OC(C)(C)C)cccc1C1=CCN(C(=O)c2cncc(CCc3ccccc3)c2)CC1. The molecule has 2 heterocycles. The lowest BCUT2D eigenvalue weighted by atomic mass is 9.91. The third kappa shape index (κ3) is 11.0. The van der Waals surface area contributed by atoms with Gasteiger partial charge in [0.15, 0.2) is 0 Å². The van der Waals surface area contributed by atoms with Crippen LogP contribution in [0.3, 0.4) is 0 Å². The van der Waals surface area contributed by atoms with E-state index in [1.807, 2.05) is 42.5 Å². The van der Waals surface area contributed by atoms with E-state index in [1.165, 1.54) is 12.5 Å². The van der Waals surface area contributed by atoms with E-state index in [1.54, 1.807) is 64.9 Å². The Morgan fingerprint density at radius 1 is 0.837 bits per heavy atom. The van der Waals surface area contributed by atoms with E-state index in [4.69, 9.17) is 14.2 Å². The number of aryl methyl sites for hydroxylation is 2. The Bertz CT molecular complexity index is 1660. The zero-order chi connectivity index (χ0) is 35.8. The van der Waals surface area contributed by atoms with Crippen molar-refractivity contribution in [3.05, 3.63) is 106 Å². The van der Waals surface area contributed by atoms with Gasteiger partial charge in [-0.2, -0.15) is 0 Å². The van der Waals surface area contributed by atoms with E-state index in [2.05, 4.69) is 17.1 Å². The predicted molar refractivity (Wildman–Crippen MR) is 187 cm³/mol. The summed E-state index contributed by atoms with van der Waals surface area (Å²) in [7, 11) is 0. The molecule has 1 aromatic heterocycles. The van der Waals surface area contributed by atoms with Crippen LogP contribution in [0.1, 0.15) is 93.1 Å². The van der Waals surface area contributed by atoms with E-state index in [9.17, 15) is 19.2 Å². The highest BCUT2D eigenvalue weighted by molar-refractivity contribution is 5.94. The van der Waals surface area contributed by atoms with Gasteiger partial charge in [-0.15, -0.1) is 0 Å². The van der Waals surface area contributed by atoms with E-state index < -0.39 is 29.4 Å². The van der Waals surface area contributed by atoms with Crippen molar-refractivity contribution >= 4 is 29.6 Å². The molecule has 0 aliphatic carbocycles. The minimum Gasteiger partial charge on any atom is -0.461 e. The molecule has 0 saturated carbocycles. The number of ether oxygens (including phenoxy) is 3. The summed E-state index contributed by atoms with van der Waals surface area (Å²) in [5.74, 6) is -0.561. The summed E-state index contributed by atoms with van der Waals surface area (Å²) in [6, 6.07) is 17.6. The van der Waals surface area contributed by atoms with Gasteiger partial charge in [0.1, 0.15) is 17.8 Å². The van der Waals surface area contributed by atoms with Crippen LogP contribution in [-0.4, -0.2) is 63.1 Å². The summed E-state index contributed by atoms with van der Waals surface area (Å²) in [6.45, 7) is 12.2. The third-order valence-electron chi connectivity index (χ3n) is 7.68. The standard InChI is InChI=1S/C39H47N3O7/c1-27(43)47-26-34-31(25-42(36(45)48-38(2,3)4)37(46)49-39(5,6)7)14-11-15-33(34)30-18-20-41(21-19-30)35(44)32-22-29(23-40-24-32)17-16-28-12-9-8-10-13-28/h8-15,18,22-24H,16-17,19-21,25-26H2,1-7H3. The second-order valence-electron chi connectivity index (χ2n) is 14.1. The summed E-state index contributed by atoms with van der Waals surface area (Å²) in [6.07, 6.45) is 5.88. The maximum absolute atomic E-state index is 13.5. The number of nitrogens with zero attached hydrogens (tertiary/aromatic N) is 3. The molecule has 0 saturated heterocycles. The van der Waals surface area contributed by atoms with Gasteiger partial charge in [-0.05, 0) is 94.7 Å². The van der Waals surface area contributed by atoms with Crippen LogP contribution in [0.5, 0.6) is 0 Å². The molecule has 0 spiro atoms. The highest BCUT2D eigenvalue weighted by Gasteiger charge is 2.32. The number of aromatic nitrogens is 1. The van der Waals surface area contributed by atoms with Gasteiger partial charge in [0, 0.05) is 38.0 Å². The van der Waals surface area contributed by atoms with Gasteiger partial charge >= 0.3 is 18.2 Å². The number of rotatable bonds is 9. The van der Waals surface area contributed by atoms with Crippen molar-refractivity contribution in [2.45, 2.75) is 92.1 Å². The smallest absolute Gasteiger partial charge is 0.420 e. The minimum atomic E-state index is -0.852. The van der Waals surface area contributed by atoms with Crippen LogP contribution in [0.2, 0.25) is 0 Å². The summed E-state index contributed by atoms with van der Waals surface area (Å²) < 4.78 is 16.6. The van der Waals surface area contributed by atoms with Gasteiger partial charge in [-0.1, -0.05) is 54.6 Å². The number of esters is 1. The molecule has 49 heavy (non-hydrogen) atoms.